The summed E-state index contributed by atoms with van der Waals surface area (Å²) in [6, 6.07) is 2.25. The number of amides is 1. The fraction of sp³-hybridized carbons (Fsp3) is 0.765. The average molecular weight is 549 g/mol. The molecular weight excluding hydrogens is 500 g/mol. The van der Waals surface area contributed by atoms with Crippen LogP contribution in [0.5, 0.6) is 0 Å². The number of ketones is 2. The van der Waals surface area contributed by atoms with Crippen LogP contribution in [0.25, 0.3) is 0 Å². The van der Waals surface area contributed by atoms with E-state index in [1.54, 1.807) is 0 Å². The summed E-state index contributed by atoms with van der Waals surface area (Å²) in [6.07, 6.45) is 10.4. The molecule has 0 aromatic heterocycles. The van der Waals surface area contributed by atoms with Crippen LogP contribution >= 0.6 is 0 Å². The van der Waals surface area contributed by atoms with Crippen LogP contribution in [0.4, 0.5) is 0 Å². The number of rotatable bonds is 5. The second-order valence-corrected chi connectivity index (χ2v) is 15.5. The Morgan fingerprint density at radius 3 is 2.38 bits per heavy atom. The molecule has 1 amide bonds. The Bertz CT molecular complexity index is 1220. The van der Waals surface area contributed by atoms with Gasteiger partial charge in [0.25, 0.3) is 0 Å². The molecule has 2 saturated carbocycles. The number of hydrogen-bond acceptors (Lipinski definition) is 5. The Morgan fingerprint density at radius 1 is 1.07 bits per heavy atom. The largest absolute Gasteiger partial charge is 0.377 e. The number of carbonyl (C=O) groups excluding carboxylic acids is 3. The molecule has 0 radical (unpaired) electrons. The lowest BCUT2D eigenvalue weighted by atomic mass is 9.41. The highest BCUT2D eigenvalue weighted by molar-refractivity contribution is 6.02. The van der Waals surface area contributed by atoms with Crippen molar-refractivity contribution in [2.24, 2.45) is 44.8 Å². The number of nitrogens with one attached hydrogen (secondary N) is 1. The average Bonchev–Trinajstić information content (AvgIpc) is 2.84. The Hall–Kier alpha value is -2.26. The predicted molar refractivity (Wildman–Crippen MR) is 154 cm³/mol. The van der Waals surface area contributed by atoms with E-state index < -0.39 is 10.8 Å². The Labute approximate surface area is 240 Å². The molecule has 1 heterocycles. The fourth-order valence-electron chi connectivity index (χ4n) is 9.51. The highest BCUT2D eigenvalue weighted by Crippen LogP contribution is 2.68. The molecule has 5 aliphatic rings. The van der Waals surface area contributed by atoms with Gasteiger partial charge < -0.3 is 10.1 Å². The van der Waals surface area contributed by atoms with Gasteiger partial charge in [-0.2, -0.15) is 5.26 Å². The highest BCUT2D eigenvalue weighted by Gasteiger charge is 2.61. The zero-order valence-corrected chi connectivity index (χ0v) is 25.6. The molecule has 0 aromatic carbocycles. The van der Waals surface area contributed by atoms with E-state index in [9.17, 15) is 19.6 Å². The lowest BCUT2D eigenvalue weighted by molar-refractivity contribution is -0.145. The van der Waals surface area contributed by atoms with E-state index in [2.05, 4.69) is 52.9 Å². The van der Waals surface area contributed by atoms with Gasteiger partial charge in [-0.3, -0.25) is 14.4 Å². The summed E-state index contributed by atoms with van der Waals surface area (Å²) in [5, 5.41) is 13.1. The van der Waals surface area contributed by atoms with E-state index in [1.165, 1.54) is 0 Å². The lowest BCUT2D eigenvalue weighted by Crippen LogP contribution is -2.58. The maximum atomic E-state index is 14.0. The maximum absolute atomic E-state index is 14.0. The molecule has 40 heavy (non-hydrogen) atoms. The van der Waals surface area contributed by atoms with Gasteiger partial charge in [0.2, 0.25) is 5.91 Å². The van der Waals surface area contributed by atoms with Crippen molar-refractivity contribution < 1.29 is 19.1 Å². The lowest BCUT2D eigenvalue weighted by Gasteiger charge is -2.61. The molecule has 218 valence electrons. The van der Waals surface area contributed by atoms with Crippen LogP contribution in [0.3, 0.4) is 0 Å². The standard InChI is InChI=1S/C34H48N2O4/c1-21-15-30(3,4)10-12-34(21,29(39)36-24-19-40-20-24)13-11-31(5)17-25(37)14-27-32(6)16-23(18-35)28(38)22(2)26(32)8-9-33(27,31)7/h14,16,21-22,24,26H,8-13,15,17,19-20H2,1-7H3,(H,36,39)/t21?,22-,26-,31+,32-,33+,34-/m0/s1. The van der Waals surface area contributed by atoms with Crippen LogP contribution < -0.4 is 5.32 Å². The normalized spacial score (nSPS) is 42.9. The summed E-state index contributed by atoms with van der Waals surface area (Å²) in [4.78, 5) is 40.4. The van der Waals surface area contributed by atoms with Gasteiger partial charge in [0.05, 0.1) is 30.2 Å². The first-order chi connectivity index (χ1) is 18.6. The predicted octanol–water partition coefficient (Wildman–Crippen LogP) is 6.11. The zero-order valence-electron chi connectivity index (χ0n) is 25.6. The molecular formula is C34H48N2O4. The van der Waals surface area contributed by atoms with E-state index in [-0.39, 0.29) is 63.1 Å². The van der Waals surface area contributed by atoms with Crippen molar-refractivity contribution in [3.05, 3.63) is 23.3 Å². The smallest absolute Gasteiger partial charge is 0.226 e. The molecule has 4 aliphatic carbocycles. The van der Waals surface area contributed by atoms with Crippen LogP contribution in [0.1, 0.15) is 99.8 Å². The van der Waals surface area contributed by atoms with Crippen molar-refractivity contribution >= 4 is 17.5 Å². The third-order valence-corrected chi connectivity index (χ3v) is 12.5. The summed E-state index contributed by atoms with van der Waals surface area (Å²) in [5.41, 5.74) is -0.0369. The number of Topliss-reactive ketones (excluding diaryl/α,β-unsaturated/α-hetero) is 1. The summed E-state index contributed by atoms with van der Waals surface area (Å²) in [7, 11) is 0. The Morgan fingerprint density at radius 2 is 1.77 bits per heavy atom. The van der Waals surface area contributed by atoms with Gasteiger partial charge in [-0.15, -0.1) is 0 Å². The molecule has 1 saturated heterocycles. The second-order valence-electron chi connectivity index (χ2n) is 15.5. The van der Waals surface area contributed by atoms with E-state index in [1.807, 2.05) is 19.1 Å². The van der Waals surface area contributed by atoms with Gasteiger partial charge in [0.1, 0.15) is 6.07 Å². The maximum Gasteiger partial charge on any atom is 0.226 e. The minimum Gasteiger partial charge on any atom is -0.377 e. The minimum atomic E-state index is -0.510. The van der Waals surface area contributed by atoms with Crippen molar-refractivity contribution in [3.8, 4) is 6.07 Å². The SMILES string of the molecule is CC1CC(C)(C)CC[C@@]1(CC[C@]1(C)CC(=O)C=C2[C@@]3(C)C=C(C#N)C(=O)[C@@H](C)[C@@H]3CC[C@]21C)C(=O)NC1COC1. The fourth-order valence-corrected chi connectivity index (χ4v) is 9.51. The summed E-state index contributed by atoms with van der Waals surface area (Å²) < 4.78 is 5.35. The third kappa shape index (κ3) is 4.34. The monoisotopic (exact) mass is 548 g/mol. The number of ether oxygens (including phenoxy) is 1. The van der Waals surface area contributed by atoms with Crippen LogP contribution in [-0.2, 0) is 19.1 Å². The molecule has 6 heteroatoms. The number of nitrogens with zero attached hydrogens (tertiary/aromatic N) is 1. The summed E-state index contributed by atoms with van der Waals surface area (Å²) in [6.45, 7) is 16.7. The van der Waals surface area contributed by atoms with Crippen LogP contribution in [0.2, 0.25) is 0 Å². The summed E-state index contributed by atoms with van der Waals surface area (Å²) in [5.74, 6) is 0.283. The van der Waals surface area contributed by atoms with Crippen LogP contribution in [0, 0.1) is 56.2 Å². The third-order valence-electron chi connectivity index (χ3n) is 12.5. The van der Waals surface area contributed by atoms with E-state index >= 15 is 0 Å². The molecule has 0 spiro atoms. The Kier molecular flexibility index (Phi) is 7.05. The molecule has 1 unspecified atom stereocenters. The molecule has 0 aromatic rings. The molecule has 0 bridgehead atoms. The van der Waals surface area contributed by atoms with Crippen LogP contribution in [0.15, 0.2) is 23.3 Å². The van der Waals surface area contributed by atoms with Crippen molar-refractivity contribution in [3.63, 3.8) is 0 Å². The number of fused-ring (bicyclic) bond motifs is 3. The van der Waals surface area contributed by atoms with Gasteiger partial charge in [-0.05, 0) is 79.1 Å². The van der Waals surface area contributed by atoms with Gasteiger partial charge in [-0.1, -0.05) is 60.1 Å². The van der Waals surface area contributed by atoms with Gasteiger partial charge in [0.15, 0.2) is 11.6 Å². The van der Waals surface area contributed by atoms with E-state index in [4.69, 9.17) is 4.74 Å². The zero-order chi connectivity index (χ0) is 29.3. The molecule has 1 N–H and O–H groups in total. The number of nitriles is 1. The molecule has 3 fully saturated rings. The second kappa shape index (κ2) is 9.65. The molecule has 7 atom stereocenters. The number of hydrogen-bond donors (Lipinski definition) is 1. The Balaban J connectivity index is 1.49. The van der Waals surface area contributed by atoms with E-state index in [0.29, 0.717) is 19.6 Å². The van der Waals surface area contributed by atoms with Gasteiger partial charge in [-0.25, -0.2) is 0 Å². The van der Waals surface area contributed by atoms with Crippen molar-refractivity contribution in [1.82, 2.24) is 5.32 Å². The first-order valence-corrected chi connectivity index (χ1v) is 15.4. The van der Waals surface area contributed by atoms with Gasteiger partial charge in [0, 0.05) is 17.8 Å². The highest BCUT2D eigenvalue weighted by atomic mass is 16.5. The van der Waals surface area contributed by atoms with E-state index in [0.717, 1.165) is 50.5 Å². The van der Waals surface area contributed by atoms with Crippen molar-refractivity contribution in [1.29, 1.82) is 5.26 Å². The topological polar surface area (TPSA) is 96.3 Å². The first kappa shape index (κ1) is 29.2. The van der Waals surface area contributed by atoms with Gasteiger partial charge >= 0.3 is 0 Å². The minimum absolute atomic E-state index is 0.0712. The van der Waals surface area contributed by atoms with Crippen molar-refractivity contribution in [2.45, 2.75) is 106 Å². The molecule has 6 nitrogen and oxygen atoms in total. The number of allylic oxidation sites excluding steroid dienone is 4. The molecule has 1 aliphatic heterocycles. The first-order valence-electron chi connectivity index (χ1n) is 15.4. The number of carbonyl (C=O) groups is 3. The molecule has 5 rings (SSSR count). The van der Waals surface area contributed by atoms with Crippen molar-refractivity contribution in [2.75, 3.05) is 13.2 Å². The quantitative estimate of drug-likeness (QED) is 0.447. The van der Waals surface area contributed by atoms with Crippen LogP contribution in [-0.4, -0.2) is 36.7 Å². The summed E-state index contributed by atoms with van der Waals surface area (Å²) >= 11 is 0.